The maximum Gasteiger partial charge on any atom is 0.314 e. The van der Waals surface area contributed by atoms with Crippen molar-refractivity contribution < 1.29 is 24.9 Å². The maximum absolute atomic E-state index is 12.1. The molecular weight excluding hydrogens is 332 g/mol. The molecule has 5 heteroatoms. The van der Waals surface area contributed by atoms with Crippen molar-refractivity contribution in [2.24, 2.45) is 16.2 Å². The van der Waals surface area contributed by atoms with Crippen molar-refractivity contribution in [1.82, 2.24) is 0 Å². The van der Waals surface area contributed by atoms with E-state index in [1.165, 1.54) is 12.5 Å². The van der Waals surface area contributed by atoms with Gasteiger partial charge in [-0.25, -0.2) is 0 Å². The van der Waals surface area contributed by atoms with E-state index in [1.807, 2.05) is 13.0 Å². The van der Waals surface area contributed by atoms with E-state index in [9.17, 15) is 20.1 Å². The Labute approximate surface area is 155 Å². The van der Waals surface area contributed by atoms with Gasteiger partial charge in [0.05, 0.1) is 17.8 Å². The molecule has 146 valence electrons. The fourth-order valence-electron chi connectivity index (χ4n) is 6.12. The van der Waals surface area contributed by atoms with Gasteiger partial charge in [0.15, 0.2) is 0 Å². The number of carboxylic acid groups (broad SMARTS) is 1. The molecule has 3 aliphatic rings. The molecule has 0 aromatic rings. The van der Waals surface area contributed by atoms with E-state index in [0.29, 0.717) is 25.7 Å². The number of hydrogen-bond donors (Lipinski definition) is 3. The third kappa shape index (κ3) is 2.11. The first-order chi connectivity index (χ1) is 12.0. The van der Waals surface area contributed by atoms with Crippen molar-refractivity contribution in [3.05, 3.63) is 23.8 Å². The van der Waals surface area contributed by atoms with Gasteiger partial charge < -0.3 is 20.1 Å². The molecule has 0 saturated heterocycles. The normalized spacial score (nSPS) is 48.5. The van der Waals surface area contributed by atoms with E-state index in [-0.39, 0.29) is 11.5 Å². The molecule has 0 aromatic carbocycles. The Bertz CT molecular complexity index is 669. The summed E-state index contributed by atoms with van der Waals surface area (Å²) < 4.78 is 5.87. The van der Waals surface area contributed by atoms with E-state index in [1.54, 1.807) is 7.11 Å². The van der Waals surface area contributed by atoms with Crippen LogP contribution in [-0.4, -0.2) is 46.2 Å². The highest BCUT2D eigenvalue weighted by molar-refractivity contribution is 5.78. The van der Waals surface area contributed by atoms with Crippen LogP contribution in [0.5, 0.6) is 0 Å². The lowest BCUT2D eigenvalue weighted by Gasteiger charge is -2.63. The van der Waals surface area contributed by atoms with Crippen LogP contribution in [0.25, 0.3) is 0 Å². The highest BCUT2D eigenvalue weighted by Crippen LogP contribution is 2.65. The predicted octanol–water partition coefficient (Wildman–Crippen LogP) is 3.06. The minimum Gasteiger partial charge on any atom is -0.481 e. The van der Waals surface area contributed by atoms with Crippen molar-refractivity contribution in [3.8, 4) is 0 Å². The smallest absolute Gasteiger partial charge is 0.314 e. The second kappa shape index (κ2) is 5.91. The monoisotopic (exact) mass is 364 g/mol. The van der Waals surface area contributed by atoms with Gasteiger partial charge in [0.2, 0.25) is 0 Å². The van der Waals surface area contributed by atoms with Crippen molar-refractivity contribution in [3.63, 3.8) is 0 Å². The average molecular weight is 364 g/mol. The van der Waals surface area contributed by atoms with E-state index >= 15 is 0 Å². The molecule has 0 unspecified atom stereocenters. The van der Waals surface area contributed by atoms with Gasteiger partial charge in [-0.2, -0.15) is 0 Å². The van der Waals surface area contributed by atoms with Gasteiger partial charge in [0.25, 0.3) is 0 Å². The number of carboxylic acids is 1. The molecule has 0 spiro atoms. The van der Waals surface area contributed by atoms with Crippen LogP contribution in [-0.2, 0) is 9.53 Å². The summed E-state index contributed by atoms with van der Waals surface area (Å²) >= 11 is 0. The van der Waals surface area contributed by atoms with Crippen LogP contribution in [0, 0.1) is 16.2 Å². The summed E-state index contributed by atoms with van der Waals surface area (Å²) in [6, 6.07) is 0. The number of carbonyl (C=O) groups is 1. The summed E-state index contributed by atoms with van der Waals surface area (Å²) in [5.41, 5.74) is -1.58. The summed E-state index contributed by atoms with van der Waals surface area (Å²) in [5, 5.41) is 32.2. The Morgan fingerprint density at radius 3 is 2.42 bits per heavy atom. The van der Waals surface area contributed by atoms with Crippen LogP contribution >= 0.6 is 0 Å². The van der Waals surface area contributed by atoms with Gasteiger partial charge in [0.1, 0.15) is 5.41 Å². The molecule has 0 radical (unpaired) electrons. The molecule has 1 saturated carbocycles. The predicted molar refractivity (Wildman–Crippen MR) is 98.6 cm³/mol. The van der Waals surface area contributed by atoms with E-state index in [2.05, 4.69) is 13.5 Å². The standard InChI is InChI=1S/C21H32O5/c1-6-18(2)10-8-14-13(16(18)26-5)7-12-21(25)19(14,3)11-9-15(22)20(21,4)17(23)24/h6,15-16,22,25H,1,7-12H2,2-5H3,(H,23,24)/t15-,16+,18-,19-,20-,21+/m1/s1. The second-order valence-electron chi connectivity index (χ2n) is 9.08. The molecule has 0 bridgehead atoms. The van der Waals surface area contributed by atoms with Crippen LogP contribution in [0.3, 0.4) is 0 Å². The number of aliphatic hydroxyl groups excluding tert-OH is 1. The molecule has 0 heterocycles. The van der Waals surface area contributed by atoms with E-state index < -0.39 is 28.5 Å². The topological polar surface area (TPSA) is 87.0 Å². The average Bonchev–Trinajstić information content (AvgIpc) is 2.60. The third-order valence-corrected chi connectivity index (χ3v) is 8.14. The van der Waals surface area contributed by atoms with Crippen molar-refractivity contribution in [1.29, 1.82) is 0 Å². The Kier molecular flexibility index (Phi) is 4.45. The summed E-state index contributed by atoms with van der Waals surface area (Å²) in [5.74, 6) is -1.13. The molecule has 6 atom stereocenters. The highest BCUT2D eigenvalue weighted by atomic mass is 16.5. The van der Waals surface area contributed by atoms with Gasteiger partial charge in [0, 0.05) is 17.9 Å². The minimum absolute atomic E-state index is 0.104. The van der Waals surface area contributed by atoms with Gasteiger partial charge in [-0.3, -0.25) is 4.79 Å². The zero-order valence-corrected chi connectivity index (χ0v) is 16.3. The molecule has 3 N–H and O–H groups in total. The largest absolute Gasteiger partial charge is 0.481 e. The van der Waals surface area contributed by atoms with Crippen molar-refractivity contribution in [2.45, 2.75) is 77.1 Å². The van der Waals surface area contributed by atoms with Gasteiger partial charge in [-0.05, 0) is 51.0 Å². The number of aliphatic hydroxyl groups is 2. The molecule has 0 aromatic heterocycles. The first-order valence-electron chi connectivity index (χ1n) is 9.54. The highest BCUT2D eigenvalue weighted by Gasteiger charge is 2.70. The zero-order valence-electron chi connectivity index (χ0n) is 16.3. The van der Waals surface area contributed by atoms with Crippen molar-refractivity contribution in [2.75, 3.05) is 7.11 Å². The summed E-state index contributed by atoms with van der Waals surface area (Å²) in [7, 11) is 1.71. The van der Waals surface area contributed by atoms with Crippen LogP contribution in [0.2, 0.25) is 0 Å². The number of fused-ring (bicyclic) bond motifs is 2. The molecular formula is C21H32O5. The SMILES string of the molecule is C=C[C@]1(C)CCC2=C(CC[C@@]3(O)[C@@](C)(C(=O)O)[C@H](O)CC[C@]23C)[C@@H]1OC. The van der Waals surface area contributed by atoms with Gasteiger partial charge in [-0.1, -0.05) is 25.5 Å². The van der Waals surface area contributed by atoms with Crippen LogP contribution < -0.4 is 0 Å². The number of ether oxygens (including phenoxy) is 1. The van der Waals surface area contributed by atoms with E-state index in [4.69, 9.17) is 4.74 Å². The van der Waals surface area contributed by atoms with Crippen LogP contribution in [0.15, 0.2) is 23.8 Å². The second-order valence-corrected chi connectivity index (χ2v) is 9.08. The lowest BCUT2D eigenvalue weighted by molar-refractivity contribution is -0.235. The number of rotatable bonds is 3. The third-order valence-electron chi connectivity index (χ3n) is 8.14. The van der Waals surface area contributed by atoms with E-state index in [0.717, 1.165) is 18.4 Å². The van der Waals surface area contributed by atoms with Crippen LogP contribution in [0.4, 0.5) is 0 Å². The van der Waals surface area contributed by atoms with Crippen molar-refractivity contribution >= 4 is 5.97 Å². The van der Waals surface area contributed by atoms with Gasteiger partial charge in [-0.15, -0.1) is 6.58 Å². The molecule has 0 aliphatic heterocycles. The Morgan fingerprint density at radius 2 is 1.88 bits per heavy atom. The fourth-order valence-corrected chi connectivity index (χ4v) is 6.12. The number of aliphatic carboxylic acids is 1. The quantitative estimate of drug-likeness (QED) is 0.670. The summed E-state index contributed by atoms with van der Waals surface area (Å²) in [6.45, 7) is 9.64. The Morgan fingerprint density at radius 1 is 1.23 bits per heavy atom. The molecule has 26 heavy (non-hydrogen) atoms. The molecule has 5 nitrogen and oxygen atoms in total. The number of hydrogen-bond acceptors (Lipinski definition) is 4. The summed E-state index contributed by atoms with van der Waals surface area (Å²) in [4.78, 5) is 12.1. The maximum atomic E-state index is 12.1. The summed E-state index contributed by atoms with van der Waals surface area (Å²) in [6.07, 6.45) is 4.29. The first kappa shape index (κ1) is 19.6. The first-order valence-corrected chi connectivity index (χ1v) is 9.54. The lowest BCUT2D eigenvalue weighted by Crippen LogP contribution is -2.70. The molecule has 1 fully saturated rings. The molecule has 3 aliphatic carbocycles. The fraction of sp³-hybridized carbons (Fsp3) is 0.762. The zero-order chi connectivity index (χ0) is 19.5. The molecule has 3 rings (SSSR count). The van der Waals surface area contributed by atoms with Gasteiger partial charge >= 0.3 is 5.97 Å². The Hall–Kier alpha value is -1.17. The van der Waals surface area contributed by atoms with Crippen LogP contribution in [0.1, 0.15) is 59.3 Å². The lowest BCUT2D eigenvalue weighted by atomic mass is 9.44. The minimum atomic E-state index is -1.58. The number of methoxy groups -OCH3 is 1. The Balaban J connectivity index is 2.18. The molecule has 0 amide bonds.